The Balaban J connectivity index is 3.04. The van der Waals surface area contributed by atoms with Gasteiger partial charge in [-0.2, -0.15) is 0 Å². The van der Waals surface area contributed by atoms with Crippen LogP contribution in [0.2, 0.25) is 5.02 Å². The van der Waals surface area contributed by atoms with E-state index >= 15 is 0 Å². The van der Waals surface area contributed by atoms with Crippen LogP contribution in [0.4, 0.5) is 0 Å². The summed E-state index contributed by atoms with van der Waals surface area (Å²) in [5.41, 5.74) is 6.50. The van der Waals surface area contributed by atoms with E-state index in [9.17, 15) is 0 Å². The van der Waals surface area contributed by atoms with E-state index in [2.05, 4.69) is 6.58 Å². The molecular weight excluding hydrogens is 174 g/mol. The summed E-state index contributed by atoms with van der Waals surface area (Å²) in [5.74, 6) is 0.0664. The van der Waals surface area contributed by atoms with Crippen molar-refractivity contribution in [3.63, 3.8) is 0 Å². The van der Waals surface area contributed by atoms with Gasteiger partial charge in [0.1, 0.15) is 5.75 Å². The molecule has 0 aliphatic carbocycles. The highest BCUT2D eigenvalue weighted by Gasteiger charge is 2.03. The molecular formula is C9H10ClNO. The molecule has 0 amide bonds. The van der Waals surface area contributed by atoms with Gasteiger partial charge < -0.3 is 10.8 Å². The highest BCUT2D eigenvalue weighted by molar-refractivity contribution is 6.32. The SMILES string of the molecule is C=C[C@@H](N)c1ccc(O)c(Cl)c1. The average molecular weight is 184 g/mol. The maximum Gasteiger partial charge on any atom is 0.134 e. The second kappa shape index (κ2) is 3.61. The highest BCUT2D eigenvalue weighted by atomic mass is 35.5. The fraction of sp³-hybridized carbons (Fsp3) is 0.111. The molecule has 0 bridgehead atoms. The van der Waals surface area contributed by atoms with Crippen LogP contribution in [0.5, 0.6) is 5.75 Å². The standard InChI is InChI=1S/C9H10ClNO/c1-2-8(11)6-3-4-9(12)7(10)5-6/h2-5,8,12H,1,11H2/t8-/m1/s1. The van der Waals surface area contributed by atoms with Crippen molar-refractivity contribution in [2.24, 2.45) is 5.73 Å². The third kappa shape index (κ3) is 1.78. The number of aromatic hydroxyl groups is 1. The number of hydrogen-bond acceptors (Lipinski definition) is 2. The van der Waals surface area contributed by atoms with Crippen molar-refractivity contribution in [2.75, 3.05) is 0 Å². The Morgan fingerprint density at radius 1 is 1.58 bits per heavy atom. The number of halogens is 1. The lowest BCUT2D eigenvalue weighted by atomic mass is 10.1. The van der Waals surface area contributed by atoms with Crippen molar-refractivity contribution in [2.45, 2.75) is 6.04 Å². The van der Waals surface area contributed by atoms with Gasteiger partial charge in [0.15, 0.2) is 0 Å². The van der Waals surface area contributed by atoms with E-state index in [4.69, 9.17) is 22.4 Å². The molecule has 64 valence electrons. The summed E-state index contributed by atoms with van der Waals surface area (Å²) in [7, 11) is 0. The van der Waals surface area contributed by atoms with E-state index in [1.54, 1.807) is 18.2 Å². The first-order valence-corrected chi connectivity index (χ1v) is 3.89. The quantitative estimate of drug-likeness (QED) is 0.691. The van der Waals surface area contributed by atoms with Crippen LogP contribution in [0.1, 0.15) is 11.6 Å². The zero-order valence-electron chi connectivity index (χ0n) is 6.50. The number of phenols is 1. The van der Waals surface area contributed by atoms with Crippen LogP contribution < -0.4 is 5.73 Å². The van der Waals surface area contributed by atoms with Gasteiger partial charge in [-0.05, 0) is 17.7 Å². The number of benzene rings is 1. The molecule has 0 heterocycles. The van der Waals surface area contributed by atoms with Crippen molar-refractivity contribution in [3.05, 3.63) is 41.4 Å². The molecule has 1 aromatic rings. The Morgan fingerprint density at radius 3 is 2.75 bits per heavy atom. The van der Waals surface area contributed by atoms with E-state index in [1.165, 1.54) is 6.07 Å². The Hall–Kier alpha value is -0.990. The maximum absolute atomic E-state index is 9.10. The van der Waals surface area contributed by atoms with Crippen molar-refractivity contribution in [1.29, 1.82) is 0 Å². The van der Waals surface area contributed by atoms with Gasteiger partial charge in [-0.1, -0.05) is 23.7 Å². The first-order chi connectivity index (χ1) is 5.65. The molecule has 1 rings (SSSR count). The Labute approximate surface area is 76.3 Å². The fourth-order valence-electron chi connectivity index (χ4n) is 0.867. The molecule has 0 spiro atoms. The molecule has 0 fully saturated rings. The van der Waals surface area contributed by atoms with Crippen molar-refractivity contribution in [1.82, 2.24) is 0 Å². The van der Waals surface area contributed by atoms with E-state index in [0.29, 0.717) is 5.02 Å². The molecule has 0 aliphatic heterocycles. The molecule has 0 saturated heterocycles. The average Bonchev–Trinajstić information content (AvgIpc) is 2.08. The maximum atomic E-state index is 9.10. The fourth-order valence-corrected chi connectivity index (χ4v) is 1.06. The first-order valence-electron chi connectivity index (χ1n) is 3.51. The molecule has 3 heteroatoms. The van der Waals surface area contributed by atoms with Gasteiger partial charge in [-0.25, -0.2) is 0 Å². The van der Waals surface area contributed by atoms with Crippen LogP contribution in [0, 0.1) is 0 Å². The summed E-state index contributed by atoms with van der Waals surface area (Å²) < 4.78 is 0. The second-order valence-corrected chi connectivity index (χ2v) is 2.88. The molecule has 2 nitrogen and oxygen atoms in total. The minimum Gasteiger partial charge on any atom is -0.506 e. The summed E-state index contributed by atoms with van der Waals surface area (Å²) in [6, 6.07) is 4.63. The molecule has 0 unspecified atom stereocenters. The van der Waals surface area contributed by atoms with Gasteiger partial charge in [0.2, 0.25) is 0 Å². The molecule has 12 heavy (non-hydrogen) atoms. The summed E-state index contributed by atoms with van der Waals surface area (Å²) in [6.07, 6.45) is 1.61. The van der Waals surface area contributed by atoms with E-state index in [1.807, 2.05) is 0 Å². The van der Waals surface area contributed by atoms with E-state index in [0.717, 1.165) is 5.56 Å². The van der Waals surface area contributed by atoms with Crippen LogP contribution in [0.15, 0.2) is 30.9 Å². The molecule has 3 N–H and O–H groups in total. The van der Waals surface area contributed by atoms with Gasteiger partial charge in [0.05, 0.1) is 5.02 Å². The molecule has 0 saturated carbocycles. The predicted molar refractivity (Wildman–Crippen MR) is 50.2 cm³/mol. The van der Waals surface area contributed by atoms with Gasteiger partial charge >= 0.3 is 0 Å². The molecule has 0 aromatic heterocycles. The molecule has 1 atom stereocenters. The lowest BCUT2D eigenvalue weighted by Crippen LogP contribution is -2.05. The Kier molecular flexibility index (Phi) is 2.74. The number of nitrogens with two attached hydrogens (primary N) is 1. The van der Waals surface area contributed by atoms with Crippen LogP contribution in [0.3, 0.4) is 0 Å². The first kappa shape index (κ1) is 9.10. The summed E-state index contributed by atoms with van der Waals surface area (Å²) in [5, 5.41) is 9.41. The zero-order valence-corrected chi connectivity index (χ0v) is 7.25. The monoisotopic (exact) mass is 183 g/mol. The molecule has 0 aliphatic rings. The minimum atomic E-state index is -0.233. The van der Waals surface area contributed by atoms with Crippen LogP contribution in [0.25, 0.3) is 0 Å². The summed E-state index contributed by atoms with van der Waals surface area (Å²) in [4.78, 5) is 0. The third-order valence-corrected chi connectivity index (χ3v) is 1.91. The third-order valence-electron chi connectivity index (χ3n) is 1.61. The van der Waals surface area contributed by atoms with Crippen LogP contribution in [-0.4, -0.2) is 5.11 Å². The van der Waals surface area contributed by atoms with Gasteiger partial charge in [-0.3, -0.25) is 0 Å². The van der Waals surface area contributed by atoms with Crippen molar-refractivity contribution < 1.29 is 5.11 Å². The summed E-state index contributed by atoms with van der Waals surface area (Å²) >= 11 is 5.68. The number of hydrogen-bond donors (Lipinski definition) is 2. The minimum absolute atomic E-state index is 0.0664. The van der Waals surface area contributed by atoms with Crippen LogP contribution in [-0.2, 0) is 0 Å². The van der Waals surface area contributed by atoms with Gasteiger partial charge in [0, 0.05) is 6.04 Å². The largest absolute Gasteiger partial charge is 0.506 e. The van der Waals surface area contributed by atoms with Gasteiger partial charge in [-0.15, -0.1) is 6.58 Å². The smallest absolute Gasteiger partial charge is 0.134 e. The van der Waals surface area contributed by atoms with Crippen molar-refractivity contribution >= 4 is 11.6 Å². The molecule has 1 aromatic carbocycles. The molecule has 0 radical (unpaired) electrons. The normalized spacial score (nSPS) is 12.5. The zero-order chi connectivity index (χ0) is 9.14. The Bertz CT molecular complexity index is 299. The predicted octanol–water partition coefficient (Wildman–Crippen LogP) is 2.23. The number of phenolic OH excluding ortho intramolecular Hbond substituents is 1. The van der Waals surface area contributed by atoms with Crippen LogP contribution >= 0.6 is 11.6 Å². The second-order valence-electron chi connectivity index (χ2n) is 2.47. The lowest BCUT2D eigenvalue weighted by Gasteiger charge is -2.06. The highest BCUT2D eigenvalue weighted by Crippen LogP contribution is 2.25. The van der Waals surface area contributed by atoms with E-state index < -0.39 is 0 Å². The van der Waals surface area contributed by atoms with E-state index in [-0.39, 0.29) is 11.8 Å². The van der Waals surface area contributed by atoms with Gasteiger partial charge in [0.25, 0.3) is 0 Å². The Morgan fingerprint density at radius 2 is 2.25 bits per heavy atom. The topological polar surface area (TPSA) is 46.2 Å². The number of rotatable bonds is 2. The summed E-state index contributed by atoms with van der Waals surface area (Å²) in [6.45, 7) is 3.56. The lowest BCUT2D eigenvalue weighted by molar-refractivity contribution is 0.475. The van der Waals surface area contributed by atoms with Crippen molar-refractivity contribution in [3.8, 4) is 5.75 Å².